The van der Waals surface area contributed by atoms with Crippen LogP contribution in [-0.2, 0) is 6.42 Å². The summed E-state index contributed by atoms with van der Waals surface area (Å²) < 4.78 is 5.31. The number of hydrogen-bond acceptors (Lipinski definition) is 4. The largest absolute Gasteiger partial charge is 0.507 e. The van der Waals surface area contributed by atoms with Crippen LogP contribution in [0.5, 0.6) is 11.5 Å². The molecule has 0 bridgehead atoms. The van der Waals surface area contributed by atoms with E-state index in [4.69, 9.17) is 9.73 Å². The van der Waals surface area contributed by atoms with E-state index in [1.165, 1.54) is 0 Å². The third-order valence-electron chi connectivity index (χ3n) is 3.93. The van der Waals surface area contributed by atoms with Gasteiger partial charge in [-0.3, -0.25) is 4.99 Å². The van der Waals surface area contributed by atoms with Gasteiger partial charge in [-0.2, -0.15) is 0 Å². The Balaban J connectivity index is 2.03. The van der Waals surface area contributed by atoms with Crippen molar-refractivity contribution < 1.29 is 9.84 Å². The number of aliphatic imine (C=N–C) groups is 1. The van der Waals surface area contributed by atoms with Crippen molar-refractivity contribution >= 4 is 5.71 Å². The Kier molecular flexibility index (Phi) is 5.14. The summed E-state index contributed by atoms with van der Waals surface area (Å²) in [6.07, 6.45) is 4.20. The molecule has 0 aliphatic carbocycles. The number of aromatic nitrogens is 2. The molecule has 1 heterocycles. The van der Waals surface area contributed by atoms with Crippen molar-refractivity contribution in [2.75, 3.05) is 7.11 Å². The minimum absolute atomic E-state index is 0.0151. The summed E-state index contributed by atoms with van der Waals surface area (Å²) in [5.74, 6) is 0.856. The van der Waals surface area contributed by atoms with Crippen LogP contribution in [0.2, 0.25) is 0 Å². The SMILES string of the molecule is COc1ccc(O)c(C(=N[C@H](C)Cc2cnc[nH]2)c2ccccc2)c1. The number of ether oxygens (including phenoxy) is 1. The average Bonchev–Trinajstić information content (AvgIpc) is 3.14. The first kappa shape index (κ1) is 16.8. The predicted octanol–water partition coefficient (Wildman–Crippen LogP) is 3.59. The number of benzene rings is 2. The first-order valence-electron chi connectivity index (χ1n) is 8.15. The lowest BCUT2D eigenvalue weighted by Gasteiger charge is -2.14. The lowest BCUT2D eigenvalue weighted by atomic mass is 10.00. The minimum atomic E-state index is 0.0151. The van der Waals surface area contributed by atoms with Crippen LogP contribution < -0.4 is 4.74 Å². The molecule has 25 heavy (non-hydrogen) atoms. The maximum Gasteiger partial charge on any atom is 0.125 e. The highest BCUT2D eigenvalue weighted by Gasteiger charge is 2.15. The average molecular weight is 335 g/mol. The van der Waals surface area contributed by atoms with Crippen molar-refractivity contribution in [3.8, 4) is 11.5 Å². The summed E-state index contributed by atoms with van der Waals surface area (Å²) in [6, 6.07) is 15.0. The molecule has 5 heteroatoms. The zero-order valence-electron chi connectivity index (χ0n) is 14.3. The summed E-state index contributed by atoms with van der Waals surface area (Å²) in [5, 5.41) is 10.4. The van der Waals surface area contributed by atoms with Crippen molar-refractivity contribution in [2.45, 2.75) is 19.4 Å². The Labute approximate surface area is 147 Å². The van der Waals surface area contributed by atoms with Gasteiger partial charge in [-0.05, 0) is 25.1 Å². The molecular weight excluding hydrogens is 314 g/mol. The maximum atomic E-state index is 10.4. The standard InChI is InChI=1S/C20H21N3O2/c1-14(10-16-12-21-13-22-16)23-20(15-6-4-3-5-7-15)18-11-17(25-2)8-9-19(18)24/h3-9,11-14,24H,10H2,1-2H3,(H,21,22)/t14-/m1/s1. The smallest absolute Gasteiger partial charge is 0.125 e. The molecule has 0 amide bonds. The van der Waals surface area contributed by atoms with E-state index in [2.05, 4.69) is 9.97 Å². The Morgan fingerprint density at radius 2 is 2.04 bits per heavy atom. The number of imidazole rings is 1. The van der Waals surface area contributed by atoms with Crippen molar-refractivity contribution in [3.05, 3.63) is 77.9 Å². The number of nitrogens with one attached hydrogen (secondary N) is 1. The number of aromatic hydroxyl groups is 1. The molecule has 0 radical (unpaired) electrons. The summed E-state index contributed by atoms with van der Waals surface area (Å²) >= 11 is 0. The predicted molar refractivity (Wildman–Crippen MR) is 98.5 cm³/mol. The molecule has 0 saturated heterocycles. The molecule has 0 aliphatic rings. The van der Waals surface area contributed by atoms with Crippen LogP contribution in [0, 0.1) is 0 Å². The second kappa shape index (κ2) is 7.66. The molecular formula is C20H21N3O2. The van der Waals surface area contributed by atoms with Gasteiger partial charge in [0.15, 0.2) is 0 Å². The van der Waals surface area contributed by atoms with Gasteiger partial charge in [-0.1, -0.05) is 30.3 Å². The van der Waals surface area contributed by atoms with Crippen molar-refractivity contribution in [2.24, 2.45) is 4.99 Å². The first-order chi connectivity index (χ1) is 12.2. The third kappa shape index (κ3) is 4.07. The molecule has 128 valence electrons. The molecule has 5 nitrogen and oxygen atoms in total. The highest BCUT2D eigenvalue weighted by atomic mass is 16.5. The van der Waals surface area contributed by atoms with E-state index in [1.54, 1.807) is 31.8 Å². The third-order valence-corrected chi connectivity index (χ3v) is 3.93. The number of phenolic OH excluding ortho intramolecular Hbond substituents is 1. The monoisotopic (exact) mass is 335 g/mol. The molecule has 0 spiro atoms. The van der Waals surface area contributed by atoms with Crippen molar-refractivity contribution in [1.82, 2.24) is 9.97 Å². The summed E-state index contributed by atoms with van der Waals surface area (Å²) in [6.45, 7) is 2.04. The van der Waals surface area contributed by atoms with Gasteiger partial charge in [0.2, 0.25) is 0 Å². The molecule has 3 rings (SSSR count). The molecule has 1 aromatic heterocycles. The Hall–Kier alpha value is -3.08. The number of aromatic amines is 1. The molecule has 2 N–H and O–H groups in total. The highest BCUT2D eigenvalue weighted by molar-refractivity contribution is 6.14. The number of nitrogens with zero attached hydrogens (tertiary/aromatic N) is 2. The van der Waals surface area contributed by atoms with Crippen LogP contribution in [0.4, 0.5) is 0 Å². The molecule has 3 aromatic rings. The van der Waals surface area contributed by atoms with Crippen molar-refractivity contribution in [3.63, 3.8) is 0 Å². The van der Waals surface area contributed by atoms with E-state index >= 15 is 0 Å². The minimum Gasteiger partial charge on any atom is -0.507 e. The fourth-order valence-electron chi connectivity index (χ4n) is 2.71. The summed E-state index contributed by atoms with van der Waals surface area (Å²) in [7, 11) is 1.61. The zero-order valence-corrected chi connectivity index (χ0v) is 14.3. The van der Waals surface area contributed by atoms with E-state index in [0.29, 0.717) is 11.3 Å². The van der Waals surface area contributed by atoms with Crippen LogP contribution >= 0.6 is 0 Å². The number of H-pyrrole nitrogens is 1. The quantitative estimate of drug-likeness (QED) is 0.676. The van der Waals surface area contributed by atoms with Gasteiger partial charge >= 0.3 is 0 Å². The van der Waals surface area contributed by atoms with Crippen LogP contribution in [0.15, 0.2) is 66.0 Å². The number of hydrogen-bond donors (Lipinski definition) is 2. The van der Waals surface area contributed by atoms with Crippen molar-refractivity contribution in [1.29, 1.82) is 0 Å². The Morgan fingerprint density at radius 1 is 1.24 bits per heavy atom. The lowest BCUT2D eigenvalue weighted by Crippen LogP contribution is -2.12. The van der Waals surface area contributed by atoms with E-state index in [9.17, 15) is 5.11 Å². The van der Waals surface area contributed by atoms with Gasteiger partial charge in [0.05, 0.1) is 25.2 Å². The van der Waals surface area contributed by atoms with Gasteiger partial charge in [-0.25, -0.2) is 4.98 Å². The summed E-state index contributed by atoms with van der Waals surface area (Å²) in [4.78, 5) is 12.0. The van der Waals surface area contributed by atoms with E-state index < -0.39 is 0 Å². The number of rotatable bonds is 6. The van der Waals surface area contributed by atoms with Crippen LogP contribution in [-0.4, -0.2) is 33.9 Å². The van der Waals surface area contributed by atoms with Gasteiger partial charge in [0.25, 0.3) is 0 Å². The normalized spacial score (nSPS) is 12.8. The second-order valence-electron chi connectivity index (χ2n) is 5.86. The second-order valence-corrected chi connectivity index (χ2v) is 5.86. The van der Waals surface area contributed by atoms with E-state index in [-0.39, 0.29) is 11.8 Å². The number of methoxy groups -OCH3 is 1. The lowest BCUT2D eigenvalue weighted by molar-refractivity contribution is 0.412. The maximum absolute atomic E-state index is 10.4. The Morgan fingerprint density at radius 3 is 2.72 bits per heavy atom. The zero-order chi connectivity index (χ0) is 17.6. The van der Waals surface area contributed by atoms with Gasteiger partial charge in [0, 0.05) is 29.4 Å². The summed E-state index contributed by atoms with van der Waals surface area (Å²) in [5.41, 5.74) is 3.37. The van der Waals surface area contributed by atoms with Crippen LogP contribution in [0.3, 0.4) is 0 Å². The highest BCUT2D eigenvalue weighted by Crippen LogP contribution is 2.26. The van der Waals surface area contributed by atoms with Gasteiger partial charge < -0.3 is 14.8 Å². The van der Waals surface area contributed by atoms with Gasteiger partial charge in [0.1, 0.15) is 11.5 Å². The fourth-order valence-corrected chi connectivity index (χ4v) is 2.71. The fraction of sp³-hybridized carbons (Fsp3) is 0.200. The molecule has 1 atom stereocenters. The van der Waals surface area contributed by atoms with Gasteiger partial charge in [-0.15, -0.1) is 0 Å². The van der Waals surface area contributed by atoms with E-state index in [1.807, 2.05) is 43.3 Å². The molecule has 0 saturated carbocycles. The molecule has 0 unspecified atom stereocenters. The number of phenols is 1. The first-order valence-corrected chi connectivity index (χ1v) is 8.15. The molecule has 0 aliphatic heterocycles. The topological polar surface area (TPSA) is 70.5 Å². The van der Waals surface area contributed by atoms with Crippen LogP contribution in [0.1, 0.15) is 23.7 Å². The van der Waals surface area contributed by atoms with Crippen LogP contribution in [0.25, 0.3) is 0 Å². The van der Waals surface area contributed by atoms with E-state index in [0.717, 1.165) is 23.4 Å². The molecule has 2 aromatic carbocycles. The Bertz CT molecular complexity index is 843. The molecule has 0 fully saturated rings.